The summed E-state index contributed by atoms with van der Waals surface area (Å²) in [6.07, 6.45) is 1.43. The highest BCUT2D eigenvalue weighted by molar-refractivity contribution is 6.46. The van der Waals surface area contributed by atoms with Gasteiger partial charge in [0.2, 0.25) is 0 Å². The molecule has 0 N–H and O–H groups in total. The molecule has 38 heavy (non-hydrogen) atoms. The molecule has 8 heteroatoms. The number of rotatable bonds is 6. The molecular weight excluding hydrogens is 523 g/mol. The topological polar surface area (TPSA) is 66.9 Å². The van der Waals surface area contributed by atoms with E-state index in [-0.39, 0.29) is 12.2 Å². The Morgan fingerprint density at radius 2 is 1.29 bits per heavy atom. The standard InChI is InChI=1S/C30H20Cl2N2O4/c31-22-9-7-8-21(16-22)19-38-27-15-14-20(18-26(27)32)17-25-28(35)33(23-10-3-1-4-11-23)30(37)34(29(25)36)24-12-5-2-6-13-24/h1-18H,19H2. The number of amides is 4. The highest BCUT2D eigenvalue weighted by Crippen LogP contribution is 2.31. The summed E-state index contributed by atoms with van der Waals surface area (Å²) in [5, 5.41) is 0.904. The fourth-order valence-corrected chi connectivity index (χ4v) is 4.47. The van der Waals surface area contributed by atoms with Crippen molar-refractivity contribution in [2.75, 3.05) is 9.80 Å². The van der Waals surface area contributed by atoms with Gasteiger partial charge in [-0.2, -0.15) is 0 Å². The summed E-state index contributed by atoms with van der Waals surface area (Å²) in [4.78, 5) is 42.3. The second-order valence-electron chi connectivity index (χ2n) is 8.40. The fraction of sp³-hybridized carbons (Fsp3) is 0.0333. The van der Waals surface area contributed by atoms with E-state index in [1.807, 2.05) is 12.1 Å². The largest absolute Gasteiger partial charge is 0.487 e. The van der Waals surface area contributed by atoms with Gasteiger partial charge in [0, 0.05) is 5.02 Å². The highest BCUT2D eigenvalue weighted by Gasteiger charge is 2.43. The molecule has 0 saturated carbocycles. The lowest BCUT2D eigenvalue weighted by atomic mass is 10.0. The quantitative estimate of drug-likeness (QED) is 0.191. The van der Waals surface area contributed by atoms with Gasteiger partial charge in [0.05, 0.1) is 16.4 Å². The molecular formula is C30H20Cl2N2O4. The first kappa shape index (κ1) is 25.3. The Morgan fingerprint density at radius 1 is 0.684 bits per heavy atom. The molecule has 1 aliphatic heterocycles. The number of carbonyl (C=O) groups is 3. The van der Waals surface area contributed by atoms with Gasteiger partial charge in [-0.15, -0.1) is 0 Å². The third-order valence-electron chi connectivity index (χ3n) is 5.83. The smallest absolute Gasteiger partial charge is 0.343 e. The van der Waals surface area contributed by atoms with Crippen molar-refractivity contribution in [2.45, 2.75) is 6.61 Å². The van der Waals surface area contributed by atoms with Gasteiger partial charge in [0.1, 0.15) is 17.9 Å². The Balaban J connectivity index is 1.48. The van der Waals surface area contributed by atoms with Crippen LogP contribution in [-0.4, -0.2) is 17.8 Å². The second-order valence-corrected chi connectivity index (χ2v) is 9.24. The van der Waals surface area contributed by atoms with Crippen LogP contribution in [0.15, 0.2) is 109 Å². The monoisotopic (exact) mass is 542 g/mol. The van der Waals surface area contributed by atoms with Crippen LogP contribution in [-0.2, 0) is 16.2 Å². The summed E-state index contributed by atoms with van der Waals surface area (Å²) in [6.45, 7) is 0.262. The Hall–Kier alpha value is -4.39. The third-order valence-corrected chi connectivity index (χ3v) is 6.36. The molecule has 0 radical (unpaired) electrons. The van der Waals surface area contributed by atoms with Crippen LogP contribution in [0.2, 0.25) is 10.0 Å². The Labute approximate surface area is 229 Å². The zero-order valence-corrected chi connectivity index (χ0v) is 21.4. The lowest BCUT2D eigenvalue weighted by molar-refractivity contribution is -0.121. The van der Waals surface area contributed by atoms with Gasteiger partial charge in [-0.3, -0.25) is 9.59 Å². The zero-order chi connectivity index (χ0) is 26.6. The van der Waals surface area contributed by atoms with Crippen molar-refractivity contribution in [1.82, 2.24) is 0 Å². The molecule has 5 rings (SSSR count). The molecule has 6 nitrogen and oxygen atoms in total. The molecule has 1 saturated heterocycles. The average molecular weight is 543 g/mol. The normalized spacial score (nSPS) is 13.6. The van der Waals surface area contributed by atoms with Gasteiger partial charge >= 0.3 is 6.03 Å². The molecule has 0 atom stereocenters. The number of hydrogen-bond donors (Lipinski definition) is 0. The minimum atomic E-state index is -0.752. The van der Waals surface area contributed by atoms with Crippen LogP contribution in [0.3, 0.4) is 0 Å². The summed E-state index contributed by atoms with van der Waals surface area (Å²) in [5.41, 5.74) is 1.90. The van der Waals surface area contributed by atoms with Gasteiger partial charge in [0.15, 0.2) is 0 Å². The molecule has 0 spiro atoms. The summed E-state index contributed by atoms with van der Waals surface area (Å²) in [5.74, 6) is -1.02. The molecule has 0 bridgehead atoms. The maximum Gasteiger partial charge on any atom is 0.343 e. The van der Waals surface area contributed by atoms with E-state index in [4.69, 9.17) is 27.9 Å². The number of urea groups is 1. The summed E-state index contributed by atoms with van der Waals surface area (Å²) in [6, 6.07) is 28.4. The predicted molar refractivity (Wildman–Crippen MR) is 148 cm³/mol. The number of para-hydroxylation sites is 2. The van der Waals surface area contributed by atoms with Crippen molar-refractivity contribution in [2.24, 2.45) is 0 Å². The van der Waals surface area contributed by atoms with Gasteiger partial charge < -0.3 is 4.74 Å². The van der Waals surface area contributed by atoms with Gasteiger partial charge in [-0.05, 0) is 65.7 Å². The fourth-order valence-electron chi connectivity index (χ4n) is 4.02. The number of imide groups is 2. The number of anilines is 2. The Kier molecular flexibility index (Phi) is 7.26. The number of ether oxygens (including phenoxy) is 1. The molecule has 1 fully saturated rings. The van der Waals surface area contributed by atoms with Crippen LogP contribution in [0.1, 0.15) is 11.1 Å². The van der Waals surface area contributed by atoms with Crippen molar-refractivity contribution in [3.63, 3.8) is 0 Å². The van der Waals surface area contributed by atoms with Crippen LogP contribution in [0.4, 0.5) is 16.2 Å². The van der Waals surface area contributed by atoms with E-state index in [9.17, 15) is 14.4 Å². The Morgan fingerprint density at radius 3 is 1.84 bits per heavy atom. The van der Waals surface area contributed by atoms with Crippen molar-refractivity contribution in [3.05, 3.63) is 130 Å². The summed E-state index contributed by atoms with van der Waals surface area (Å²) >= 11 is 12.5. The van der Waals surface area contributed by atoms with Crippen LogP contribution >= 0.6 is 23.2 Å². The van der Waals surface area contributed by atoms with Gasteiger partial charge in [0.25, 0.3) is 11.8 Å². The number of carbonyl (C=O) groups excluding carboxylic acids is 3. The number of hydrogen-bond acceptors (Lipinski definition) is 4. The second kappa shape index (κ2) is 10.9. The molecule has 1 heterocycles. The van der Waals surface area contributed by atoms with Crippen molar-refractivity contribution >= 4 is 58.5 Å². The first-order valence-corrected chi connectivity index (χ1v) is 12.4. The van der Waals surface area contributed by atoms with E-state index in [2.05, 4.69) is 0 Å². The van der Waals surface area contributed by atoms with Crippen LogP contribution in [0.25, 0.3) is 6.08 Å². The van der Waals surface area contributed by atoms with E-state index < -0.39 is 17.8 Å². The maximum atomic E-state index is 13.5. The van der Waals surface area contributed by atoms with Crippen LogP contribution in [0, 0.1) is 0 Å². The molecule has 1 aliphatic rings. The lowest BCUT2D eigenvalue weighted by Gasteiger charge is -2.33. The first-order valence-electron chi connectivity index (χ1n) is 11.6. The minimum absolute atomic E-state index is 0.180. The van der Waals surface area contributed by atoms with Gasteiger partial charge in [-0.25, -0.2) is 14.6 Å². The number of nitrogens with zero attached hydrogens (tertiary/aromatic N) is 2. The molecule has 0 aliphatic carbocycles. The van der Waals surface area contributed by atoms with Crippen molar-refractivity contribution in [3.8, 4) is 5.75 Å². The molecule has 4 aromatic carbocycles. The SMILES string of the molecule is O=C1C(=Cc2ccc(OCc3cccc(Cl)c3)c(Cl)c2)C(=O)N(c2ccccc2)C(=O)N1c1ccccc1. The number of benzene rings is 4. The molecule has 4 amide bonds. The lowest BCUT2D eigenvalue weighted by Crippen LogP contribution is -2.57. The van der Waals surface area contributed by atoms with E-state index >= 15 is 0 Å². The molecule has 188 valence electrons. The Bertz CT molecular complexity index is 1490. The van der Waals surface area contributed by atoms with E-state index in [0.717, 1.165) is 15.4 Å². The molecule has 0 unspecified atom stereocenters. The predicted octanol–water partition coefficient (Wildman–Crippen LogP) is 7.16. The van der Waals surface area contributed by atoms with E-state index in [0.29, 0.717) is 32.7 Å². The van der Waals surface area contributed by atoms with Gasteiger partial charge in [-0.1, -0.05) is 77.8 Å². The van der Waals surface area contributed by atoms with E-state index in [1.54, 1.807) is 91.0 Å². The van der Waals surface area contributed by atoms with Crippen LogP contribution < -0.4 is 14.5 Å². The zero-order valence-electron chi connectivity index (χ0n) is 19.9. The number of barbiturate groups is 1. The molecule has 4 aromatic rings. The van der Waals surface area contributed by atoms with E-state index in [1.165, 1.54) is 6.08 Å². The first-order chi connectivity index (χ1) is 18.4. The minimum Gasteiger partial charge on any atom is -0.487 e. The molecule has 0 aromatic heterocycles. The maximum absolute atomic E-state index is 13.5. The highest BCUT2D eigenvalue weighted by atomic mass is 35.5. The van der Waals surface area contributed by atoms with Crippen molar-refractivity contribution in [1.29, 1.82) is 0 Å². The third kappa shape index (κ3) is 5.18. The summed E-state index contributed by atoms with van der Waals surface area (Å²) < 4.78 is 5.82. The summed E-state index contributed by atoms with van der Waals surface area (Å²) in [7, 11) is 0. The van der Waals surface area contributed by atoms with Crippen LogP contribution in [0.5, 0.6) is 5.75 Å². The average Bonchev–Trinajstić information content (AvgIpc) is 2.92. The number of halogens is 2. The van der Waals surface area contributed by atoms with Crippen molar-refractivity contribution < 1.29 is 19.1 Å².